The van der Waals surface area contributed by atoms with Gasteiger partial charge in [-0.2, -0.15) is 4.98 Å². The van der Waals surface area contributed by atoms with Gasteiger partial charge in [-0.1, -0.05) is 24.1 Å². The van der Waals surface area contributed by atoms with Crippen LogP contribution in [0.25, 0.3) is 11.5 Å². The van der Waals surface area contributed by atoms with Crippen molar-refractivity contribution in [2.75, 3.05) is 6.26 Å². The summed E-state index contributed by atoms with van der Waals surface area (Å²) in [7, 11) is -3.29. The minimum absolute atomic E-state index is 0.338. The van der Waals surface area contributed by atoms with Gasteiger partial charge in [0.15, 0.2) is 15.7 Å². The predicted octanol–water partition coefficient (Wildman–Crippen LogP) is 3.35. The average Bonchev–Trinajstić information content (AvgIpc) is 3.27. The van der Waals surface area contributed by atoms with Crippen molar-refractivity contribution < 1.29 is 12.9 Å². The first kappa shape index (κ1) is 15.8. The summed E-state index contributed by atoms with van der Waals surface area (Å²) >= 11 is 0. The average molecular weight is 346 g/mol. The van der Waals surface area contributed by atoms with Crippen LogP contribution in [0.2, 0.25) is 0 Å². The molecule has 0 aliphatic heterocycles. The van der Waals surface area contributed by atoms with Gasteiger partial charge in [-0.25, -0.2) is 8.42 Å². The lowest BCUT2D eigenvalue weighted by atomic mass is 9.99. The van der Waals surface area contributed by atoms with Crippen LogP contribution in [0.15, 0.2) is 16.7 Å². The summed E-state index contributed by atoms with van der Waals surface area (Å²) in [6, 6.07) is 4.11. The lowest BCUT2D eigenvalue weighted by Crippen LogP contribution is -2.33. The quantitative estimate of drug-likeness (QED) is 0.852. The largest absolute Gasteiger partial charge is 0.334 e. The van der Waals surface area contributed by atoms with Gasteiger partial charge >= 0.3 is 0 Å². The summed E-state index contributed by atoms with van der Waals surface area (Å²) in [4.78, 5) is 4.55. The third-order valence-electron chi connectivity index (χ3n) is 5.70. The molecule has 0 amide bonds. The molecular formula is C18H22N2O3S. The summed E-state index contributed by atoms with van der Waals surface area (Å²) in [6.45, 7) is 2.13. The van der Waals surface area contributed by atoms with Gasteiger partial charge in [0.25, 0.3) is 5.89 Å². The fraction of sp³-hybridized carbons (Fsp3) is 0.556. The Bertz CT molecular complexity index is 893. The van der Waals surface area contributed by atoms with E-state index in [1.807, 2.05) is 6.07 Å². The van der Waals surface area contributed by atoms with Crippen molar-refractivity contribution in [2.45, 2.75) is 56.6 Å². The van der Waals surface area contributed by atoms with Gasteiger partial charge in [0.05, 0.1) is 0 Å². The van der Waals surface area contributed by atoms with Crippen LogP contribution in [-0.4, -0.2) is 24.8 Å². The summed E-state index contributed by atoms with van der Waals surface area (Å²) in [5, 5.41) is 4.10. The molecule has 0 saturated heterocycles. The third-order valence-corrected chi connectivity index (χ3v) is 7.71. The Morgan fingerprint density at radius 3 is 2.50 bits per heavy atom. The second kappa shape index (κ2) is 5.41. The maximum atomic E-state index is 12.4. The second-order valence-corrected chi connectivity index (χ2v) is 9.46. The standard InChI is InChI=1S/C18H22N2O3S/c1-12-8-9-15(14-7-5-6-13(12)14)16-19-17(20-23-16)18(24(2,21)22)10-3-4-11-18/h8-9H,3-7,10-11H2,1-2H3. The maximum Gasteiger partial charge on any atom is 0.258 e. The molecule has 1 saturated carbocycles. The fourth-order valence-corrected chi connectivity index (χ4v) is 5.76. The molecule has 1 aromatic heterocycles. The van der Waals surface area contributed by atoms with Gasteiger partial charge < -0.3 is 4.52 Å². The van der Waals surface area contributed by atoms with Gasteiger partial charge in [0, 0.05) is 11.8 Å². The molecule has 0 radical (unpaired) electrons. The number of fused-ring (bicyclic) bond motifs is 1. The smallest absolute Gasteiger partial charge is 0.258 e. The van der Waals surface area contributed by atoms with E-state index >= 15 is 0 Å². The second-order valence-electron chi connectivity index (χ2n) is 7.14. The Morgan fingerprint density at radius 1 is 1.08 bits per heavy atom. The van der Waals surface area contributed by atoms with Crippen molar-refractivity contribution >= 4 is 9.84 Å². The molecule has 1 fully saturated rings. The molecule has 0 atom stereocenters. The van der Waals surface area contributed by atoms with Crippen LogP contribution in [0, 0.1) is 6.92 Å². The highest BCUT2D eigenvalue weighted by molar-refractivity contribution is 7.91. The normalized spacial score (nSPS) is 19.6. The van der Waals surface area contributed by atoms with E-state index in [1.165, 1.54) is 22.9 Å². The Hall–Kier alpha value is -1.69. The molecule has 128 valence electrons. The number of rotatable bonds is 3. The van der Waals surface area contributed by atoms with E-state index in [0.717, 1.165) is 37.7 Å². The summed E-state index contributed by atoms with van der Waals surface area (Å²) in [5.41, 5.74) is 4.93. The van der Waals surface area contributed by atoms with Crippen molar-refractivity contribution in [2.24, 2.45) is 0 Å². The molecule has 2 aliphatic rings. The Labute approximate surface area is 142 Å². The van der Waals surface area contributed by atoms with Crippen molar-refractivity contribution in [3.05, 3.63) is 34.6 Å². The Kier molecular flexibility index (Phi) is 3.56. The zero-order valence-electron chi connectivity index (χ0n) is 14.1. The molecule has 2 aliphatic carbocycles. The monoisotopic (exact) mass is 346 g/mol. The van der Waals surface area contributed by atoms with Gasteiger partial charge in [0.2, 0.25) is 0 Å². The number of aromatic nitrogens is 2. The van der Waals surface area contributed by atoms with Crippen LogP contribution in [0.1, 0.15) is 54.6 Å². The number of sulfone groups is 1. The number of hydrogen-bond acceptors (Lipinski definition) is 5. The van der Waals surface area contributed by atoms with Crippen LogP contribution in [0.5, 0.6) is 0 Å². The molecule has 0 N–H and O–H groups in total. The third kappa shape index (κ3) is 2.23. The fourth-order valence-electron chi connectivity index (χ4n) is 4.31. The Morgan fingerprint density at radius 2 is 1.79 bits per heavy atom. The molecular weight excluding hydrogens is 324 g/mol. The summed E-state index contributed by atoms with van der Waals surface area (Å²) in [6.07, 6.45) is 7.46. The number of nitrogens with zero attached hydrogens (tertiary/aromatic N) is 2. The van der Waals surface area contributed by atoms with E-state index in [4.69, 9.17) is 4.52 Å². The molecule has 6 heteroatoms. The van der Waals surface area contributed by atoms with Crippen molar-refractivity contribution in [3.63, 3.8) is 0 Å². The van der Waals surface area contributed by atoms with Crippen LogP contribution in [-0.2, 0) is 27.4 Å². The zero-order chi connectivity index (χ0) is 16.9. The van der Waals surface area contributed by atoms with Crippen LogP contribution in [0.3, 0.4) is 0 Å². The molecule has 1 heterocycles. The molecule has 4 rings (SSSR count). The van der Waals surface area contributed by atoms with Crippen LogP contribution >= 0.6 is 0 Å². The molecule has 24 heavy (non-hydrogen) atoms. The molecule has 5 nitrogen and oxygen atoms in total. The molecule has 1 aromatic carbocycles. The van der Waals surface area contributed by atoms with E-state index < -0.39 is 14.6 Å². The maximum absolute atomic E-state index is 12.4. The zero-order valence-corrected chi connectivity index (χ0v) is 14.9. The van der Waals surface area contributed by atoms with Crippen molar-refractivity contribution in [3.8, 4) is 11.5 Å². The minimum Gasteiger partial charge on any atom is -0.334 e. The summed E-state index contributed by atoms with van der Waals surface area (Å²) < 4.78 is 29.4. The topological polar surface area (TPSA) is 73.1 Å². The highest BCUT2D eigenvalue weighted by Gasteiger charge is 2.48. The van der Waals surface area contributed by atoms with Crippen LogP contribution < -0.4 is 0 Å². The SMILES string of the molecule is Cc1ccc(-c2nc(C3(S(C)(=O)=O)CCCC3)no2)c2c1CCC2. The minimum atomic E-state index is -3.29. The number of aryl methyl sites for hydroxylation is 1. The van der Waals surface area contributed by atoms with E-state index in [0.29, 0.717) is 24.6 Å². The molecule has 0 spiro atoms. The van der Waals surface area contributed by atoms with Gasteiger partial charge in [-0.05, 0) is 61.8 Å². The van der Waals surface area contributed by atoms with E-state index in [2.05, 4.69) is 23.1 Å². The van der Waals surface area contributed by atoms with E-state index in [-0.39, 0.29) is 0 Å². The van der Waals surface area contributed by atoms with E-state index in [9.17, 15) is 8.42 Å². The first-order chi connectivity index (χ1) is 11.4. The molecule has 2 aromatic rings. The number of benzene rings is 1. The van der Waals surface area contributed by atoms with Gasteiger partial charge in [0.1, 0.15) is 4.75 Å². The summed E-state index contributed by atoms with van der Waals surface area (Å²) in [5.74, 6) is 0.794. The van der Waals surface area contributed by atoms with Crippen molar-refractivity contribution in [1.82, 2.24) is 10.1 Å². The first-order valence-electron chi connectivity index (χ1n) is 8.58. The van der Waals surface area contributed by atoms with Gasteiger partial charge in [-0.15, -0.1) is 0 Å². The predicted molar refractivity (Wildman–Crippen MR) is 91.5 cm³/mol. The lowest BCUT2D eigenvalue weighted by molar-refractivity contribution is 0.405. The van der Waals surface area contributed by atoms with Crippen LogP contribution in [0.4, 0.5) is 0 Å². The Balaban J connectivity index is 1.81. The number of hydrogen-bond donors (Lipinski definition) is 0. The van der Waals surface area contributed by atoms with E-state index in [1.54, 1.807) is 0 Å². The molecule has 0 bridgehead atoms. The highest BCUT2D eigenvalue weighted by atomic mass is 32.2. The highest BCUT2D eigenvalue weighted by Crippen LogP contribution is 2.44. The first-order valence-corrected chi connectivity index (χ1v) is 10.5. The lowest BCUT2D eigenvalue weighted by Gasteiger charge is -2.22. The van der Waals surface area contributed by atoms with Gasteiger partial charge in [-0.3, -0.25) is 0 Å². The van der Waals surface area contributed by atoms with Crippen molar-refractivity contribution in [1.29, 1.82) is 0 Å². The molecule has 0 unspecified atom stereocenters.